The van der Waals surface area contributed by atoms with Gasteiger partial charge in [0, 0.05) is 47.0 Å². The molecule has 0 bridgehead atoms. The van der Waals surface area contributed by atoms with Gasteiger partial charge in [-0.1, -0.05) is 41.9 Å². The van der Waals surface area contributed by atoms with Crippen LogP contribution in [-0.2, 0) is 22.4 Å². The number of carboxylic acids is 1. The highest BCUT2D eigenvalue weighted by Crippen LogP contribution is 2.32. The predicted molar refractivity (Wildman–Crippen MR) is 150 cm³/mol. The summed E-state index contributed by atoms with van der Waals surface area (Å²) >= 11 is 6.44. The van der Waals surface area contributed by atoms with E-state index in [4.69, 9.17) is 20.8 Å². The number of halogens is 1. The van der Waals surface area contributed by atoms with Gasteiger partial charge in [-0.05, 0) is 47.9 Å². The van der Waals surface area contributed by atoms with Crippen molar-refractivity contribution in [3.05, 3.63) is 105 Å². The van der Waals surface area contributed by atoms with Crippen molar-refractivity contribution in [1.29, 1.82) is 0 Å². The molecule has 5 aromatic rings. The summed E-state index contributed by atoms with van der Waals surface area (Å²) in [7, 11) is 0. The zero-order valence-electron chi connectivity index (χ0n) is 21.4. The molecule has 0 radical (unpaired) electrons. The van der Waals surface area contributed by atoms with Crippen molar-refractivity contribution < 1.29 is 29.0 Å². The van der Waals surface area contributed by atoms with E-state index >= 15 is 0 Å². The molecule has 1 unspecified atom stereocenters. The minimum Gasteiger partial charge on any atom is -0.508 e. The van der Waals surface area contributed by atoms with E-state index in [0.29, 0.717) is 28.3 Å². The van der Waals surface area contributed by atoms with Crippen LogP contribution < -0.4 is 15.7 Å². The number of fused-ring (bicyclic) bond motifs is 2. The molecule has 0 aliphatic rings. The summed E-state index contributed by atoms with van der Waals surface area (Å²) in [6.07, 6.45) is 2.03. The standard InChI is InChI=1S/C30H25ClN2O7/c1-16-20-12-23(31)27(13-26(20)40-30(38)21(16)9-17-5-3-2-4-6-17)39-15-28(35)33-25(29(36)37)10-18-14-32-24-8-7-19(34)11-22(18)24/h2-8,11-14,25,32,34H,9-10,15H2,1H3,(H,33,35)(H,36,37). The molecule has 2 heterocycles. The Bertz CT molecular complexity index is 1790. The molecule has 1 amide bonds. The van der Waals surface area contributed by atoms with Gasteiger partial charge in [-0.2, -0.15) is 0 Å². The molecule has 0 aliphatic carbocycles. The molecule has 0 saturated heterocycles. The van der Waals surface area contributed by atoms with Crippen molar-refractivity contribution in [1.82, 2.24) is 10.3 Å². The summed E-state index contributed by atoms with van der Waals surface area (Å²) in [5, 5.41) is 23.4. The van der Waals surface area contributed by atoms with Gasteiger partial charge in [0.05, 0.1) is 5.02 Å². The summed E-state index contributed by atoms with van der Waals surface area (Å²) in [6, 6.07) is 16.1. The lowest BCUT2D eigenvalue weighted by Crippen LogP contribution is -2.44. The number of H-pyrrole nitrogens is 1. The summed E-state index contributed by atoms with van der Waals surface area (Å²) in [5.74, 6) is -1.75. The van der Waals surface area contributed by atoms with E-state index in [2.05, 4.69) is 10.3 Å². The number of aromatic amines is 1. The van der Waals surface area contributed by atoms with Gasteiger partial charge in [0.1, 0.15) is 23.1 Å². The molecule has 1 atom stereocenters. The van der Waals surface area contributed by atoms with Crippen molar-refractivity contribution in [2.24, 2.45) is 0 Å². The van der Waals surface area contributed by atoms with Gasteiger partial charge in [0.15, 0.2) is 6.61 Å². The summed E-state index contributed by atoms with van der Waals surface area (Å²) in [5.41, 5.74) is 3.35. The topological polar surface area (TPSA) is 142 Å². The molecular weight excluding hydrogens is 536 g/mol. The largest absolute Gasteiger partial charge is 0.508 e. The molecule has 5 rings (SSSR count). The molecule has 4 N–H and O–H groups in total. The number of carbonyl (C=O) groups is 2. The van der Waals surface area contributed by atoms with Crippen LogP contribution >= 0.6 is 11.6 Å². The van der Waals surface area contributed by atoms with E-state index in [-0.39, 0.29) is 28.5 Å². The Balaban J connectivity index is 1.29. The number of carbonyl (C=O) groups excluding carboxylic acids is 1. The van der Waals surface area contributed by atoms with Crippen LogP contribution in [-0.4, -0.2) is 39.7 Å². The van der Waals surface area contributed by atoms with Crippen molar-refractivity contribution in [3.63, 3.8) is 0 Å². The third-order valence-electron chi connectivity index (χ3n) is 6.73. The second-order valence-corrected chi connectivity index (χ2v) is 9.84. The number of nitrogens with one attached hydrogen (secondary N) is 2. The molecule has 0 aliphatic heterocycles. The number of hydrogen-bond donors (Lipinski definition) is 4. The number of aromatic nitrogens is 1. The number of hydrogen-bond acceptors (Lipinski definition) is 6. The van der Waals surface area contributed by atoms with Crippen molar-refractivity contribution in [2.75, 3.05) is 6.61 Å². The maximum atomic E-state index is 12.8. The molecule has 2 aromatic heterocycles. The van der Waals surface area contributed by atoms with Gasteiger partial charge in [-0.25, -0.2) is 9.59 Å². The van der Waals surface area contributed by atoms with Gasteiger partial charge >= 0.3 is 11.6 Å². The molecular formula is C30H25ClN2O7. The number of amides is 1. The first-order valence-corrected chi connectivity index (χ1v) is 12.8. The Morgan fingerprint density at radius 1 is 1.10 bits per heavy atom. The predicted octanol–water partition coefficient (Wildman–Crippen LogP) is 4.72. The minimum absolute atomic E-state index is 0.0169. The number of carboxylic acid groups (broad SMARTS) is 1. The smallest absolute Gasteiger partial charge is 0.340 e. The first-order valence-electron chi connectivity index (χ1n) is 12.4. The highest BCUT2D eigenvalue weighted by molar-refractivity contribution is 6.32. The molecule has 3 aromatic carbocycles. The lowest BCUT2D eigenvalue weighted by Gasteiger charge is -2.15. The summed E-state index contributed by atoms with van der Waals surface area (Å²) < 4.78 is 11.1. The molecule has 0 spiro atoms. The number of aromatic hydroxyl groups is 1. The zero-order chi connectivity index (χ0) is 28.4. The number of phenols is 1. The maximum absolute atomic E-state index is 12.8. The zero-order valence-corrected chi connectivity index (χ0v) is 22.1. The lowest BCUT2D eigenvalue weighted by molar-refractivity contribution is -0.142. The van der Waals surface area contributed by atoms with Crippen LogP contribution in [0.5, 0.6) is 11.5 Å². The first-order chi connectivity index (χ1) is 19.2. The third kappa shape index (κ3) is 5.64. The van der Waals surface area contributed by atoms with Crippen LogP contribution in [0.3, 0.4) is 0 Å². The molecule has 40 heavy (non-hydrogen) atoms. The van der Waals surface area contributed by atoms with Crippen LogP contribution in [0.4, 0.5) is 0 Å². The molecule has 9 nitrogen and oxygen atoms in total. The Labute approximate surface area is 233 Å². The average Bonchev–Trinajstić information content (AvgIpc) is 3.32. The van der Waals surface area contributed by atoms with Crippen LogP contribution in [0.25, 0.3) is 21.9 Å². The SMILES string of the molecule is Cc1c(Cc2ccccc2)c(=O)oc2cc(OCC(=O)NC(Cc3c[nH]c4ccc(O)cc34)C(=O)O)c(Cl)cc12. The van der Waals surface area contributed by atoms with Crippen LogP contribution in [0, 0.1) is 6.92 Å². The Morgan fingerprint density at radius 3 is 2.62 bits per heavy atom. The fourth-order valence-electron chi connectivity index (χ4n) is 4.64. The Hall–Kier alpha value is -4.76. The van der Waals surface area contributed by atoms with Gasteiger partial charge in [-0.3, -0.25) is 4.79 Å². The fraction of sp³-hybridized carbons (Fsp3) is 0.167. The fourth-order valence-corrected chi connectivity index (χ4v) is 4.86. The average molecular weight is 561 g/mol. The number of phenolic OH excluding ortho intramolecular Hbond substituents is 1. The molecule has 10 heteroatoms. The Kier molecular flexibility index (Phi) is 7.48. The first kappa shape index (κ1) is 26.8. The number of ether oxygens (including phenoxy) is 1. The van der Waals surface area contributed by atoms with Crippen molar-refractivity contribution in [2.45, 2.75) is 25.8 Å². The van der Waals surface area contributed by atoms with Crippen LogP contribution in [0.15, 0.2) is 76.1 Å². The third-order valence-corrected chi connectivity index (χ3v) is 7.03. The second kappa shape index (κ2) is 11.2. The number of rotatable bonds is 9. The highest BCUT2D eigenvalue weighted by atomic mass is 35.5. The van der Waals surface area contributed by atoms with Crippen molar-refractivity contribution >= 4 is 45.3 Å². The maximum Gasteiger partial charge on any atom is 0.340 e. The normalized spacial score (nSPS) is 11.9. The van der Waals surface area contributed by atoms with Crippen LogP contribution in [0.1, 0.15) is 22.3 Å². The molecule has 0 fully saturated rings. The van der Waals surface area contributed by atoms with Gasteiger partial charge in [0.25, 0.3) is 5.91 Å². The monoisotopic (exact) mass is 560 g/mol. The Morgan fingerprint density at radius 2 is 1.88 bits per heavy atom. The van der Waals surface area contributed by atoms with E-state index in [1.807, 2.05) is 37.3 Å². The quantitative estimate of drug-likeness (QED) is 0.191. The molecule has 0 saturated carbocycles. The van der Waals surface area contributed by atoms with E-state index in [1.54, 1.807) is 18.3 Å². The van der Waals surface area contributed by atoms with E-state index in [9.17, 15) is 24.6 Å². The summed E-state index contributed by atoms with van der Waals surface area (Å²) in [4.78, 5) is 40.3. The lowest BCUT2D eigenvalue weighted by atomic mass is 9.99. The second-order valence-electron chi connectivity index (χ2n) is 9.43. The number of aliphatic carboxylic acids is 1. The van der Waals surface area contributed by atoms with E-state index in [0.717, 1.165) is 16.6 Å². The number of aryl methyl sites for hydroxylation is 1. The van der Waals surface area contributed by atoms with Gasteiger partial charge in [0.2, 0.25) is 0 Å². The molecule has 204 valence electrons. The minimum atomic E-state index is -1.24. The van der Waals surface area contributed by atoms with Crippen LogP contribution in [0.2, 0.25) is 5.02 Å². The van der Waals surface area contributed by atoms with E-state index in [1.165, 1.54) is 18.2 Å². The van der Waals surface area contributed by atoms with E-state index < -0.39 is 30.2 Å². The number of benzene rings is 3. The van der Waals surface area contributed by atoms with Gasteiger partial charge < -0.3 is 29.7 Å². The van der Waals surface area contributed by atoms with Crippen molar-refractivity contribution in [3.8, 4) is 11.5 Å². The summed E-state index contributed by atoms with van der Waals surface area (Å²) in [6.45, 7) is 1.31. The van der Waals surface area contributed by atoms with Gasteiger partial charge in [-0.15, -0.1) is 0 Å². The highest BCUT2D eigenvalue weighted by Gasteiger charge is 2.23.